The number of aromatic amines is 1. The number of amides is 2. The van der Waals surface area contributed by atoms with Gasteiger partial charge in [0, 0.05) is 17.4 Å². The van der Waals surface area contributed by atoms with E-state index >= 15 is 0 Å². The summed E-state index contributed by atoms with van der Waals surface area (Å²) in [5.41, 5.74) is 1.08. The number of nitrogens with one attached hydrogen (secondary N) is 3. The zero-order valence-electron chi connectivity index (χ0n) is 11.7. The van der Waals surface area contributed by atoms with Crippen LogP contribution in [0.1, 0.15) is 29.8 Å². The van der Waals surface area contributed by atoms with Crippen LogP contribution in [0.3, 0.4) is 0 Å². The first-order chi connectivity index (χ1) is 10.6. The van der Waals surface area contributed by atoms with Gasteiger partial charge in [-0.25, -0.2) is 0 Å². The summed E-state index contributed by atoms with van der Waals surface area (Å²) in [5, 5.41) is 7.08. The number of halogens is 2. The molecule has 1 aliphatic heterocycles. The Morgan fingerprint density at radius 3 is 2.91 bits per heavy atom. The van der Waals surface area contributed by atoms with Gasteiger partial charge in [-0.05, 0) is 37.5 Å². The molecule has 1 saturated heterocycles. The number of hydrogen-bond donors (Lipinski definition) is 3. The maximum Gasteiger partial charge on any atom is 0.268 e. The van der Waals surface area contributed by atoms with E-state index in [2.05, 4.69) is 15.6 Å². The molecule has 3 N–H and O–H groups in total. The summed E-state index contributed by atoms with van der Waals surface area (Å²) in [7, 11) is 0. The van der Waals surface area contributed by atoms with Gasteiger partial charge in [-0.1, -0.05) is 23.2 Å². The van der Waals surface area contributed by atoms with Crippen molar-refractivity contribution >= 4 is 45.9 Å². The maximum absolute atomic E-state index is 12.3. The molecular weight excluding hydrogens is 325 g/mol. The fourth-order valence-electron chi connectivity index (χ4n) is 2.58. The third-order valence-corrected chi connectivity index (χ3v) is 4.59. The molecule has 1 aromatic heterocycles. The van der Waals surface area contributed by atoms with Crippen molar-refractivity contribution in [2.24, 2.45) is 0 Å². The van der Waals surface area contributed by atoms with Crippen molar-refractivity contribution in [1.82, 2.24) is 15.6 Å². The quantitative estimate of drug-likeness (QED) is 0.786. The first kappa shape index (κ1) is 15.2. The standard InChI is InChI=1S/C15H15Cl2N3O2/c16-9-4-5-10-8(13(9)17)7-12(19-10)15(22)20-11-3-1-2-6-18-14(11)21/h4-5,7,11,19H,1-3,6H2,(H,18,21)(H,20,22)/t11-/m0/s1. The van der Waals surface area contributed by atoms with Gasteiger partial charge in [-0.2, -0.15) is 0 Å². The van der Waals surface area contributed by atoms with Crippen LogP contribution in [-0.4, -0.2) is 29.4 Å². The van der Waals surface area contributed by atoms with Crippen molar-refractivity contribution < 1.29 is 9.59 Å². The van der Waals surface area contributed by atoms with Crippen LogP contribution >= 0.6 is 23.2 Å². The van der Waals surface area contributed by atoms with Crippen LogP contribution in [0.5, 0.6) is 0 Å². The van der Waals surface area contributed by atoms with Gasteiger partial charge in [0.15, 0.2) is 0 Å². The van der Waals surface area contributed by atoms with Gasteiger partial charge in [0.25, 0.3) is 5.91 Å². The highest BCUT2D eigenvalue weighted by molar-refractivity contribution is 6.45. The van der Waals surface area contributed by atoms with E-state index < -0.39 is 6.04 Å². The molecule has 0 unspecified atom stereocenters. The lowest BCUT2D eigenvalue weighted by Crippen LogP contribution is -2.45. The SMILES string of the molecule is O=C(N[C@H]1CCCCNC1=O)c1cc2c(Cl)c(Cl)ccc2[nH]1. The number of rotatable bonds is 2. The molecule has 116 valence electrons. The molecule has 0 saturated carbocycles. The predicted octanol–water partition coefficient (Wildman–Crippen LogP) is 2.87. The second kappa shape index (κ2) is 6.18. The fraction of sp³-hybridized carbons (Fsp3) is 0.333. The zero-order valence-corrected chi connectivity index (χ0v) is 13.2. The monoisotopic (exact) mass is 339 g/mol. The van der Waals surface area contributed by atoms with Crippen molar-refractivity contribution in [2.75, 3.05) is 6.54 Å². The normalized spacial score (nSPS) is 18.8. The van der Waals surface area contributed by atoms with Crippen LogP contribution in [0.25, 0.3) is 10.9 Å². The zero-order chi connectivity index (χ0) is 15.7. The fourth-order valence-corrected chi connectivity index (χ4v) is 2.96. The van der Waals surface area contributed by atoms with Gasteiger partial charge in [0.2, 0.25) is 5.91 Å². The molecule has 1 fully saturated rings. The molecule has 0 spiro atoms. The number of carbonyl (C=O) groups excluding carboxylic acids is 2. The molecule has 1 aromatic carbocycles. The lowest BCUT2D eigenvalue weighted by molar-refractivity contribution is -0.122. The van der Waals surface area contributed by atoms with Crippen molar-refractivity contribution in [3.05, 3.63) is 33.9 Å². The predicted molar refractivity (Wildman–Crippen MR) is 86.4 cm³/mol. The topological polar surface area (TPSA) is 74.0 Å². The van der Waals surface area contributed by atoms with Gasteiger partial charge in [0.05, 0.1) is 10.0 Å². The van der Waals surface area contributed by atoms with Crippen LogP contribution in [0.15, 0.2) is 18.2 Å². The maximum atomic E-state index is 12.3. The van der Waals surface area contributed by atoms with Crippen LogP contribution in [-0.2, 0) is 4.79 Å². The Kier molecular flexibility index (Phi) is 4.27. The molecule has 0 radical (unpaired) electrons. The van der Waals surface area contributed by atoms with E-state index in [1.54, 1.807) is 18.2 Å². The molecule has 0 aliphatic carbocycles. The van der Waals surface area contributed by atoms with Crippen molar-refractivity contribution in [3.63, 3.8) is 0 Å². The molecular formula is C15H15Cl2N3O2. The van der Waals surface area contributed by atoms with Crippen LogP contribution < -0.4 is 10.6 Å². The van der Waals surface area contributed by atoms with E-state index in [-0.39, 0.29) is 11.8 Å². The van der Waals surface area contributed by atoms with Gasteiger partial charge >= 0.3 is 0 Å². The highest BCUT2D eigenvalue weighted by atomic mass is 35.5. The lowest BCUT2D eigenvalue weighted by Gasteiger charge is -2.14. The third-order valence-electron chi connectivity index (χ3n) is 3.78. The smallest absolute Gasteiger partial charge is 0.268 e. The first-order valence-corrected chi connectivity index (χ1v) is 7.87. The summed E-state index contributed by atoms with van der Waals surface area (Å²) in [4.78, 5) is 27.2. The highest BCUT2D eigenvalue weighted by Crippen LogP contribution is 2.31. The second-order valence-electron chi connectivity index (χ2n) is 5.32. The van der Waals surface area contributed by atoms with Gasteiger partial charge in [-0.15, -0.1) is 0 Å². The van der Waals surface area contributed by atoms with Gasteiger partial charge in [-0.3, -0.25) is 9.59 Å². The second-order valence-corrected chi connectivity index (χ2v) is 6.10. The molecule has 7 heteroatoms. The first-order valence-electron chi connectivity index (χ1n) is 7.11. The molecule has 2 heterocycles. The Balaban J connectivity index is 1.83. The number of fused-ring (bicyclic) bond motifs is 1. The van der Waals surface area contributed by atoms with Crippen molar-refractivity contribution in [3.8, 4) is 0 Å². The minimum absolute atomic E-state index is 0.136. The summed E-state index contributed by atoms with van der Waals surface area (Å²) in [6.07, 6.45) is 2.47. The van der Waals surface area contributed by atoms with Crippen molar-refractivity contribution in [1.29, 1.82) is 0 Å². The Bertz CT molecular complexity index is 742. The molecule has 2 amide bonds. The summed E-state index contributed by atoms with van der Waals surface area (Å²) >= 11 is 12.1. The molecule has 1 atom stereocenters. The van der Waals surface area contributed by atoms with Gasteiger partial charge in [0.1, 0.15) is 11.7 Å². The Morgan fingerprint density at radius 2 is 2.09 bits per heavy atom. The van der Waals surface area contributed by atoms with Crippen molar-refractivity contribution in [2.45, 2.75) is 25.3 Å². The Hall–Kier alpha value is -1.72. The Morgan fingerprint density at radius 1 is 1.27 bits per heavy atom. The van der Waals surface area contributed by atoms with E-state index in [1.807, 2.05) is 0 Å². The number of aromatic nitrogens is 1. The van der Waals surface area contributed by atoms with E-state index in [0.717, 1.165) is 18.4 Å². The molecule has 22 heavy (non-hydrogen) atoms. The number of H-pyrrole nitrogens is 1. The largest absolute Gasteiger partial charge is 0.354 e. The molecule has 2 aromatic rings. The lowest BCUT2D eigenvalue weighted by atomic mass is 10.1. The van der Waals surface area contributed by atoms with E-state index in [9.17, 15) is 9.59 Å². The van der Waals surface area contributed by atoms with E-state index in [1.165, 1.54) is 0 Å². The number of hydrogen-bond acceptors (Lipinski definition) is 2. The third kappa shape index (κ3) is 2.91. The van der Waals surface area contributed by atoms with Gasteiger partial charge < -0.3 is 15.6 Å². The molecule has 5 nitrogen and oxygen atoms in total. The van der Waals surface area contributed by atoms with E-state index in [0.29, 0.717) is 34.1 Å². The Labute approximate surface area is 137 Å². The number of benzene rings is 1. The van der Waals surface area contributed by atoms with E-state index in [4.69, 9.17) is 23.2 Å². The summed E-state index contributed by atoms with van der Waals surface area (Å²) in [6, 6.07) is 4.58. The molecule has 1 aliphatic rings. The van der Waals surface area contributed by atoms with Crippen LogP contribution in [0.2, 0.25) is 10.0 Å². The highest BCUT2D eigenvalue weighted by Gasteiger charge is 2.23. The summed E-state index contributed by atoms with van der Waals surface area (Å²) in [5.74, 6) is -0.464. The molecule has 3 rings (SSSR count). The molecule has 0 bridgehead atoms. The minimum Gasteiger partial charge on any atom is -0.354 e. The van der Waals surface area contributed by atoms with Crippen LogP contribution in [0.4, 0.5) is 0 Å². The summed E-state index contributed by atoms with van der Waals surface area (Å²) < 4.78 is 0. The summed E-state index contributed by atoms with van der Waals surface area (Å²) in [6.45, 7) is 0.658. The average molecular weight is 340 g/mol. The minimum atomic E-state index is -0.500. The van der Waals surface area contributed by atoms with Crippen LogP contribution in [0, 0.1) is 0 Å². The average Bonchev–Trinajstić information content (AvgIpc) is 2.84. The number of carbonyl (C=O) groups is 2.